The number of carboxylic acids is 1. The molecule has 0 spiro atoms. The maximum Gasteiger partial charge on any atom is 0.309 e. The van der Waals surface area contributed by atoms with Gasteiger partial charge in [0.2, 0.25) is 0 Å². The second-order valence-corrected chi connectivity index (χ2v) is 9.66. The summed E-state index contributed by atoms with van der Waals surface area (Å²) >= 11 is 0. The summed E-state index contributed by atoms with van der Waals surface area (Å²) in [6.45, 7) is 0.455. The first-order chi connectivity index (χ1) is 18.7. The van der Waals surface area contributed by atoms with Gasteiger partial charge in [-0.2, -0.15) is 0 Å². The van der Waals surface area contributed by atoms with Crippen molar-refractivity contribution in [3.8, 4) is 17.6 Å². The minimum absolute atomic E-state index is 0.0696. The largest absolute Gasteiger partial charge is 0.497 e. The van der Waals surface area contributed by atoms with Crippen LogP contribution in [0.15, 0.2) is 36.5 Å². The van der Waals surface area contributed by atoms with Gasteiger partial charge in [-0.05, 0) is 49.9 Å². The lowest BCUT2D eigenvalue weighted by Crippen LogP contribution is -2.44. The van der Waals surface area contributed by atoms with Gasteiger partial charge in [0.1, 0.15) is 17.7 Å². The molecule has 39 heavy (non-hydrogen) atoms. The lowest BCUT2D eigenvalue weighted by molar-refractivity contribution is -0.152. The zero-order valence-electron chi connectivity index (χ0n) is 21.3. The van der Waals surface area contributed by atoms with Crippen molar-refractivity contribution in [3.05, 3.63) is 70.7 Å². The Labute approximate surface area is 223 Å². The molecule has 2 N–H and O–H groups in total. The number of halogens is 4. The van der Waals surface area contributed by atoms with Crippen LogP contribution >= 0.6 is 0 Å². The number of aliphatic carboxylic acids is 1. The lowest BCUT2D eigenvalue weighted by Gasteiger charge is -2.38. The van der Waals surface area contributed by atoms with E-state index in [1.807, 2.05) is 4.90 Å². The van der Waals surface area contributed by atoms with Gasteiger partial charge in [0.15, 0.2) is 11.6 Å². The van der Waals surface area contributed by atoms with Crippen LogP contribution in [0.25, 0.3) is 10.9 Å². The van der Waals surface area contributed by atoms with Crippen LogP contribution in [0.1, 0.15) is 48.5 Å². The second-order valence-electron chi connectivity index (χ2n) is 9.66. The van der Waals surface area contributed by atoms with Crippen LogP contribution in [0.5, 0.6) is 5.75 Å². The lowest BCUT2D eigenvalue weighted by atomic mass is 9.74. The van der Waals surface area contributed by atoms with Gasteiger partial charge in [-0.25, -0.2) is 17.6 Å². The van der Waals surface area contributed by atoms with Gasteiger partial charge in [0.05, 0.1) is 36.8 Å². The first kappa shape index (κ1) is 28.3. The Morgan fingerprint density at radius 3 is 2.62 bits per heavy atom. The fourth-order valence-electron chi connectivity index (χ4n) is 5.01. The van der Waals surface area contributed by atoms with Gasteiger partial charge in [0, 0.05) is 41.9 Å². The quantitative estimate of drug-likeness (QED) is 0.232. The second kappa shape index (κ2) is 12.0. The van der Waals surface area contributed by atoms with E-state index in [9.17, 15) is 28.2 Å². The van der Waals surface area contributed by atoms with E-state index in [-0.39, 0.29) is 43.4 Å². The third-order valence-electron chi connectivity index (χ3n) is 7.34. The van der Waals surface area contributed by atoms with E-state index in [0.717, 1.165) is 6.07 Å². The SMILES string of the molecule is COc1ccc2ncc(CO)c(C(F)CCC3(C(=O)O)CCN(CC#Cc4cc(F)cc(F)c4F)CC3)c2c1. The summed E-state index contributed by atoms with van der Waals surface area (Å²) < 4.78 is 61.5. The fourth-order valence-corrected chi connectivity index (χ4v) is 5.01. The molecule has 1 aliphatic rings. The van der Waals surface area contributed by atoms with Crippen molar-refractivity contribution in [2.75, 3.05) is 26.7 Å². The van der Waals surface area contributed by atoms with E-state index >= 15 is 4.39 Å². The van der Waals surface area contributed by atoms with Crippen molar-refractivity contribution in [1.82, 2.24) is 9.88 Å². The number of aliphatic hydroxyl groups is 1. The van der Waals surface area contributed by atoms with Crippen LogP contribution in [0, 0.1) is 34.7 Å². The number of aromatic nitrogens is 1. The van der Waals surface area contributed by atoms with Crippen LogP contribution in [-0.2, 0) is 11.4 Å². The molecule has 0 aliphatic carbocycles. The average Bonchev–Trinajstić information content (AvgIpc) is 2.93. The number of likely N-dealkylation sites (tertiary alicyclic amines) is 1. The molecule has 4 rings (SSSR count). The standard InChI is InChI=1S/C29H28F4N2O4/c1-39-21-4-5-25-22(15-21)26(19(17-36)16-34-25)23(31)6-7-29(28(37)38)8-11-35(12-9-29)10-2-3-18-13-20(30)14-24(32)27(18)33/h4-5,13-16,23,36H,6-12,17H2,1H3,(H,37,38). The van der Waals surface area contributed by atoms with E-state index in [1.54, 1.807) is 18.2 Å². The number of nitrogens with zero attached hydrogens (tertiary/aromatic N) is 2. The molecule has 0 bridgehead atoms. The van der Waals surface area contributed by atoms with Crippen LogP contribution < -0.4 is 4.74 Å². The van der Waals surface area contributed by atoms with Crippen molar-refractivity contribution in [2.45, 2.75) is 38.5 Å². The summed E-state index contributed by atoms with van der Waals surface area (Å²) in [6.07, 6.45) is 0.392. The zero-order valence-corrected chi connectivity index (χ0v) is 21.3. The van der Waals surface area contributed by atoms with Crippen molar-refractivity contribution < 1.29 is 37.3 Å². The molecular formula is C29H28F4N2O4. The minimum atomic E-state index is -1.54. The molecule has 1 atom stereocenters. The van der Waals surface area contributed by atoms with Gasteiger partial charge >= 0.3 is 5.97 Å². The summed E-state index contributed by atoms with van der Waals surface area (Å²) in [5.41, 5.74) is -0.395. The normalized spacial score (nSPS) is 15.9. The Morgan fingerprint density at radius 1 is 1.21 bits per heavy atom. The summed E-state index contributed by atoms with van der Waals surface area (Å²) in [5, 5.41) is 20.4. The number of methoxy groups -OCH3 is 1. The number of alkyl halides is 1. The number of hydrogen-bond donors (Lipinski definition) is 2. The van der Waals surface area contributed by atoms with Crippen molar-refractivity contribution in [1.29, 1.82) is 0 Å². The number of ether oxygens (including phenoxy) is 1. The number of rotatable bonds is 8. The summed E-state index contributed by atoms with van der Waals surface area (Å²) in [7, 11) is 1.49. The maximum atomic E-state index is 15.7. The van der Waals surface area contributed by atoms with Gasteiger partial charge < -0.3 is 14.9 Å². The fraction of sp³-hybridized carbons (Fsp3) is 0.379. The molecule has 2 heterocycles. The molecule has 1 unspecified atom stereocenters. The van der Waals surface area contributed by atoms with E-state index in [4.69, 9.17) is 4.74 Å². The van der Waals surface area contributed by atoms with Gasteiger partial charge in [-0.1, -0.05) is 11.8 Å². The molecule has 3 aromatic rings. The molecule has 206 valence electrons. The van der Waals surface area contributed by atoms with Crippen molar-refractivity contribution in [3.63, 3.8) is 0 Å². The maximum absolute atomic E-state index is 15.7. The Bertz CT molecular complexity index is 1420. The van der Waals surface area contributed by atoms with Crippen molar-refractivity contribution >= 4 is 16.9 Å². The molecule has 6 nitrogen and oxygen atoms in total. The molecule has 1 saturated heterocycles. The molecule has 1 aromatic heterocycles. The van der Waals surface area contributed by atoms with E-state index in [1.165, 1.54) is 13.3 Å². The molecule has 1 fully saturated rings. The molecule has 2 aromatic carbocycles. The van der Waals surface area contributed by atoms with Crippen molar-refractivity contribution in [2.24, 2.45) is 5.41 Å². The molecule has 10 heteroatoms. The smallest absolute Gasteiger partial charge is 0.309 e. The van der Waals surface area contributed by atoms with Gasteiger partial charge in [-0.15, -0.1) is 0 Å². The number of hydrogen-bond acceptors (Lipinski definition) is 5. The average molecular weight is 545 g/mol. The van der Waals surface area contributed by atoms with E-state index < -0.39 is 41.6 Å². The molecule has 0 radical (unpaired) electrons. The van der Waals surface area contributed by atoms with Crippen LogP contribution in [0.3, 0.4) is 0 Å². The van der Waals surface area contributed by atoms with E-state index in [2.05, 4.69) is 16.8 Å². The van der Waals surface area contributed by atoms with Crippen LogP contribution in [-0.4, -0.2) is 52.8 Å². The van der Waals surface area contributed by atoms with E-state index in [0.29, 0.717) is 41.4 Å². The van der Waals surface area contributed by atoms with Crippen LogP contribution in [0.2, 0.25) is 0 Å². The highest BCUT2D eigenvalue weighted by Gasteiger charge is 2.41. The van der Waals surface area contributed by atoms with Gasteiger partial charge in [-0.3, -0.25) is 14.7 Å². The number of fused-ring (bicyclic) bond motifs is 1. The number of carbonyl (C=O) groups is 1. The molecular weight excluding hydrogens is 516 g/mol. The Morgan fingerprint density at radius 2 is 1.95 bits per heavy atom. The summed E-state index contributed by atoms with van der Waals surface area (Å²) in [5.74, 6) is 1.14. The third kappa shape index (κ3) is 6.15. The molecule has 1 aliphatic heterocycles. The first-order valence-corrected chi connectivity index (χ1v) is 12.5. The van der Waals surface area contributed by atoms with Crippen LogP contribution in [0.4, 0.5) is 17.6 Å². The minimum Gasteiger partial charge on any atom is -0.497 e. The molecule has 0 amide bonds. The summed E-state index contributed by atoms with van der Waals surface area (Å²) in [4.78, 5) is 18.4. The predicted molar refractivity (Wildman–Crippen MR) is 136 cm³/mol. The highest BCUT2D eigenvalue weighted by atomic mass is 19.2. The Kier molecular flexibility index (Phi) is 8.73. The first-order valence-electron chi connectivity index (χ1n) is 12.5. The number of piperidine rings is 1. The van der Waals surface area contributed by atoms with Gasteiger partial charge in [0.25, 0.3) is 0 Å². The summed E-state index contributed by atoms with van der Waals surface area (Å²) in [6, 6.07) is 6.31. The monoisotopic (exact) mass is 544 g/mol. The number of carboxylic acid groups (broad SMARTS) is 1. The number of pyridine rings is 1. The number of aliphatic hydroxyl groups excluding tert-OH is 1. The Balaban J connectivity index is 1.44. The third-order valence-corrected chi connectivity index (χ3v) is 7.34. The predicted octanol–water partition coefficient (Wildman–Crippen LogP) is 5.16. The highest BCUT2D eigenvalue weighted by molar-refractivity contribution is 5.85. The topological polar surface area (TPSA) is 82.9 Å². The zero-order chi connectivity index (χ0) is 28.2. The Hall–Kier alpha value is -3.68. The molecule has 0 saturated carbocycles. The number of benzene rings is 2. The highest BCUT2D eigenvalue weighted by Crippen LogP contribution is 2.41.